The number of fused-ring (bicyclic) bond motifs is 1. The molecule has 0 aliphatic carbocycles. The molecule has 1 saturated heterocycles. The molecule has 3 heterocycles. The Morgan fingerprint density at radius 3 is 2.38 bits per heavy atom. The van der Waals surface area contributed by atoms with Crippen LogP contribution in [0.1, 0.15) is 0 Å². The van der Waals surface area contributed by atoms with E-state index in [1.54, 1.807) is 40.5 Å². The number of benzene rings is 2. The Balaban J connectivity index is 1.37. The fourth-order valence-corrected chi connectivity index (χ4v) is 4.79. The van der Waals surface area contributed by atoms with Crippen LogP contribution in [0.2, 0.25) is 0 Å². The molecule has 0 radical (unpaired) electrons. The van der Waals surface area contributed by atoms with Crippen molar-refractivity contribution in [2.75, 3.05) is 31.1 Å². The molecule has 0 spiro atoms. The SMILES string of the molecule is O=C(Cn1nc(-c2cccs2)c2ccccc2c1=O)N1CCN(c2ccccc2F)CC1. The molecule has 0 saturated carbocycles. The van der Waals surface area contributed by atoms with Gasteiger partial charge in [0.1, 0.15) is 18.1 Å². The fraction of sp³-hybridized carbons (Fsp3) is 0.208. The summed E-state index contributed by atoms with van der Waals surface area (Å²) < 4.78 is 15.3. The monoisotopic (exact) mass is 448 g/mol. The van der Waals surface area contributed by atoms with Gasteiger partial charge in [-0.15, -0.1) is 11.3 Å². The highest BCUT2D eigenvalue weighted by Crippen LogP contribution is 2.28. The molecular weight excluding hydrogens is 427 g/mol. The highest BCUT2D eigenvalue weighted by molar-refractivity contribution is 7.13. The lowest BCUT2D eigenvalue weighted by molar-refractivity contribution is -0.132. The van der Waals surface area contributed by atoms with Crippen LogP contribution in [-0.4, -0.2) is 46.8 Å². The van der Waals surface area contributed by atoms with Crippen LogP contribution < -0.4 is 10.5 Å². The quantitative estimate of drug-likeness (QED) is 0.479. The molecule has 0 unspecified atom stereocenters. The molecule has 1 aliphatic heterocycles. The summed E-state index contributed by atoms with van der Waals surface area (Å²) in [6.07, 6.45) is 0. The highest BCUT2D eigenvalue weighted by atomic mass is 32.1. The van der Waals surface area contributed by atoms with Gasteiger partial charge in [0, 0.05) is 31.6 Å². The van der Waals surface area contributed by atoms with Crippen molar-refractivity contribution in [3.63, 3.8) is 0 Å². The molecule has 0 bridgehead atoms. The molecule has 8 heteroatoms. The number of aromatic nitrogens is 2. The molecule has 5 rings (SSSR count). The van der Waals surface area contributed by atoms with Crippen molar-refractivity contribution in [3.05, 3.63) is 82.2 Å². The zero-order valence-electron chi connectivity index (χ0n) is 17.3. The Labute approximate surface area is 188 Å². The normalized spacial score (nSPS) is 14.2. The van der Waals surface area contributed by atoms with E-state index in [0.717, 1.165) is 10.3 Å². The van der Waals surface area contributed by atoms with E-state index in [2.05, 4.69) is 5.10 Å². The number of hydrogen-bond acceptors (Lipinski definition) is 5. The molecule has 4 aromatic rings. The summed E-state index contributed by atoms with van der Waals surface area (Å²) in [5.74, 6) is -0.430. The maximum atomic E-state index is 14.1. The number of nitrogens with zero attached hydrogens (tertiary/aromatic N) is 4. The Morgan fingerprint density at radius 2 is 1.66 bits per heavy atom. The van der Waals surface area contributed by atoms with E-state index in [9.17, 15) is 14.0 Å². The van der Waals surface area contributed by atoms with Gasteiger partial charge in [0.25, 0.3) is 5.56 Å². The lowest BCUT2D eigenvalue weighted by atomic mass is 10.1. The third-order valence-electron chi connectivity index (χ3n) is 5.73. The van der Waals surface area contributed by atoms with Gasteiger partial charge in [-0.25, -0.2) is 9.07 Å². The van der Waals surface area contributed by atoms with Crippen molar-refractivity contribution in [1.82, 2.24) is 14.7 Å². The number of rotatable bonds is 4. The molecule has 162 valence electrons. The van der Waals surface area contributed by atoms with Crippen molar-refractivity contribution < 1.29 is 9.18 Å². The van der Waals surface area contributed by atoms with Crippen LogP contribution in [0.5, 0.6) is 0 Å². The van der Waals surface area contributed by atoms with Crippen molar-refractivity contribution in [3.8, 4) is 10.6 Å². The Hall–Kier alpha value is -3.52. The number of carbonyl (C=O) groups excluding carboxylic acids is 1. The number of para-hydroxylation sites is 1. The van der Waals surface area contributed by atoms with Gasteiger partial charge in [-0.1, -0.05) is 36.4 Å². The third kappa shape index (κ3) is 3.78. The van der Waals surface area contributed by atoms with Crippen LogP contribution in [0.15, 0.2) is 70.8 Å². The minimum Gasteiger partial charge on any atom is -0.366 e. The standard InChI is InChI=1S/C24H21FN4O2S/c25-19-8-3-4-9-20(19)27-11-13-28(14-12-27)22(30)16-29-24(31)18-7-2-1-6-17(18)23(26-29)21-10-5-15-32-21/h1-10,15H,11-14,16H2. The maximum absolute atomic E-state index is 14.1. The number of thiophene rings is 1. The van der Waals surface area contributed by atoms with E-state index in [1.165, 1.54) is 10.7 Å². The molecule has 2 aromatic heterocycles. The lowest BCUT2D eigenvalue weighted by Crippen LogP contribution is -2.50. The first kappa shape index (κ1) is 20.4. The number of halogens is 1. The number of anilines is 1. The maximum Gasteiger partial charge on any atom is 0.275 e. The van der Waals surface area contributed by atoms with E-state index in [0.29, 0.717) is 42.9 Å². The molecular formula is C24H21FN4O2S. The predicted molar refractivity (Wildman–Crippen MR) is 125 cm³/mol. The second-order valence-electron chi connectivity index (χ2n) is 7.65. The van der Waals surface area contributed by atoms with Crippen LogP contribution in [-0.2, 0) is 11.3 Å². The summed E-state index contributed by atoms with van der Waals surface area (Å²) in [6, 6.07) is 17.9. The van der Waals surface area contributed by atoms with Crippen molar-refractivity contribution >= 4 is 33.7 Å². The van der Waals surface area contributed by atoms with Crippen LogP contribution in [0.3, 0.4) is 0 Å². The van der Waals surface area contributed by atoms with Crippen molar-refractivity contribution in [1.29, 1.82) is 0 Å². The predicted octanol–water partition coefficient (Wildman–Crippen LogP) is 3.61. The van der Waals surface area contributed by atoms with Crippen LogP contribution in [0.4, 0.5) is 10.1 Å². The van der Waals surface area contributed by atoms with Gasteiger partial charge in [0.05, 0.1) is 16.0 Å². The summed E-state index contributed by atoms with van der Waals surface area (Å²) in [5, 5.41) is 7.84. The first-order valence-electron chi connectivity index (χ1n) is 10.4. The van der Waals surface area contributed by atoms with E-state index in [1.807, 2.05) is 40.6 Å². The summed E-state index contributed by atoms with van der Waals surface area (Å²) in [4.78, 5) is 30.6. The molecule has 0 atom stereocenters. The smallest absolute Gasteiger partial charge is 0.275 e. The second-order valence-corrected chi connectivity index (χ2v) is 8.60. The molecule has 1 fully saturated rings. The van der Waals surface area contributed by atoms with E-state index in [4.69, 9.17) is 0 Å². The molecule has 32 heavy (non-hydrogen) atoms. The summed E-state index contributed by atoms with van der Waals surface area (Å²) in [7, 11) is 0. The minimum absolute atomic E-state index is 0.123. The van der Waals surface area contributed by atoms with Gasteiger partial charge < -0.3 is 9.80 Å². The van der Waals surface area contributed by atoms with Gasteiger partial charge in [0.15, 0.2) is 0 Å². The van der Waals surface area contributed by atoms with Gasteiger partial charge in [-0.2, -0.15) is 5.10 Å². The van der Waals surface area contributed by atoms with Gasteiger partial charge in [-0.3, -0.25) is 9.59 Å². The molecule has 6 nitrogen and oxygen atoms in total. The van der Waals surface area contributed by atoms with Crippen LogP contribution in [0, 0.1) is 5.82 Å². The van der Waals surface area contributed by atoms with Gasteiger partial charge >= 0.3 is 0 Å². The average molecular weight is 449 g/mol. The molecule has 0 N–H and O–H groups in total. The number of hydrogen-bond donors (Lipinski definition) is 0. The summed E-state index contributed by atoms with van der Waals surface area (Å²) >= 11 is 1.54. The number of piperazine rings is 1. The highest BCUT2D eigenvalue weighted by Gasteiger charge is 2.24. The first-order valence-corrected chi connectivity index (χ1v) is 11.3. The molecule has 2 aromatic carbocycles. The van der Waals surface area contributed by atoms with Crippen LogP contribution in [0.25, 0.3) is 21.3 Å². The summed E-state index contributed by atoms with van der Waals surface area (Å²) in [5.41, 5.74) is 0.972. The number of amides is 1. The Kier molecular flexibility index (Phi) is 5.45. The zero-order chi connectivity index (χ0) is 22.1. The number of carbonyl (C=O) groups is 1. The minimum atomic E-state index is -0.278. The van der Waals surface area contributed by atoms with E-state index < -0.39 is 0 Å². The lowest BCUT2D eigenvalue weighted by Gasteiger charge is -2.36. The first-order chi connectivity index (χ1) is 15.6. The van der Waals surface area contributed by atoms with E-state index >= 15 is 0 Å². The van der Waals surface area contributed by atoms with Crippen molar-refractivity contribution in [2.45, 2.75) is 6.54 Å². The van der Waals surface area contributed by atoms with Gasteiger partial charge in [0.2, 0.25) is 5.91 Å². The Morgan fingerprint density at radius 1 is 0.938 bits per heavy atom. The molecule has 1 aliphatic rings. The van der Waals surface area contributed by atoms with Crippen molar-refractivity contribution in [2.24, 2.45) is 0 Å². The summed E-state index contributed by atoms with van der Waals surface area (Å²) in [6.45, 7) is 1.88. The molecule has 1 amide bonds. The Bertz CT molecular complexity index is 1330. The fourth-order valence-electron chi connectivity index (χ4n) is 4.07. The van der Waals surface area contributed by atoms with E-state index in [-0.39, 0.29) is 23.8 Å². The van der Waals surface area contributed by atoms with Gasteiger partial charge in [-0.05, 0) is 29.6 Å². The zero-order valence-corrected chi connectivity index (χ0v) is 18.1. The largest absolute Gasteiger partial charge is 0.366 e. The topological polar surface area (TPSA) is 58.4 Å². The average Bonchev–Trinajstić information content (AvgIpc) is 3.36. The second kappa shape index (κ2) is 8.55. The van der Waals surface area contributed by atoms with Crippen LogP contribution >= 0.6 is 11.3 Å². The third-order valence-corrected chi connectivity index (χ3v) is 6.61.